The Balaban J connectivity index is 1.29. The van der Waals surface area contributed by atoms with Gasteiger partial charge in [0.2, 0.25) is 11.8 Å². The Labute approximate surface area is 214 Å². The van der Waals surface area contributed by atoms with Gasteiger partial charge in [-0.05, 0) is 36.6 Å². The number of hydrogen-bond acceptors (Lipinski definition) is 7. The Hall–Kier alpha value is -4.21. The number of amides is 3. The van der Waals surface area contributed by atoms with E-state index in [-0.39, 0.29) is 42.3 Å². The summed E-state index contributed by atoms with van der Waals surface area (Å²) in [5.74, 6) is -1.12. The van der Waals surface area contributed by atoms with E-state index in [1.54, 1.807) is 35.5 Å². The van der Waals surface area contributed by atoms with Crippen LogP contribution >= 0.6 is 0 Å². The van der Waals surface area contributed by atoms with Gasteiger partial charge in [0, 0.05) is 18.9 Å². The number of pyridine rings is 1. The van der Waals surface area contributed by atoms with Crippen LogP contribution in [0.4, 0.5) is 0 Å². The average molecular weight is 501 g/mol. The summed E-state index contributed by atoms with van der Waals surface area (Å²) >= 11 is 0. The standard InChI is InChI=1S/C27H28N6O4/c1-2-6-20(31-26(36)21-15-29-18-8-3-4-9-19(18)30-21)27(37)32-12-10-22-25(32)23(34)16-33(22)24(35)13-17-7-5-11-28-14-17/h3-5,7-9,11,14-15,20,22,25H,2,6,10,12-13,16H2,1H3,(H,31,36). The first-order valence-electron chi connectivity index (χ1n) is 12.5. The summed E-state index contributed by atoms with van der Waals surface area (Å²) in [5, 5.41) is 2.81. The van der Waals surface area contributed by atoms with Crippen molar-refractivity contribution in [3.05, 3.63) is 66.2 Å². The number of nitrogens with zero attached hydrogens (tertiary/aromatic N) is 5. The Bertz CT molecular complexity index is 1350. The maximum absolute atomic E-state index is 13.6. The van der Waals surface area contributed by atoms with E-state index in [1.807, 2.05) is 25.1 Å². The van der Waals surface area contributed by atoms with Gasteiger partial charge < -0.3 is 15.1 Å². The molecule has 0 aliphatic carbocycles. The van der Waals surface area contributed by atoms with Gasteiger partial charge in [0.1, 0.15) is 17.8 Å². The average Bonchev–Trinajstić information content (AvgIpc) is 3.49. The number of likely N-dealkylation sites (tertiary alicyclic amines) is 2. The van der Waals surface area contributed by atoms with Crippen LogP contribution in [-0.4, -0.2) is 79.5 Å². The molecule has 3 unspecified atom stereocenters. The summed E-state index contributed by atoms with van der Waals surface area (Å²) in [6.45, 7) is 2.26. The van der Waals surface area contributed by atoms with Crippen molar-refractivity contribution in [1.29, 1.82) is 0 Å². The van der Waals surface area contributed by atoms with Crippen LogP contribution in [0.5, 0.6) is 0 Å². The number of nitrogens with one attached hydrogen (secondary N) is 1. The number of hydrogen-bond donors (Lipinski definition) is 1. The van der Waals surface area contributed by atoms with Crippen molar-refractivity contribution < 1.29 is 19.2 Å². The van der Waals surface area contributed by atoms with Gasteiger partial charge in [0.25, 0.3) is 5.91 Å². The first-order valence-corrected chi connectivity index (χ1v) is 12.5. The van der Waals surface area contributed by atoms with Crippen LogP contribution in [0.15, 0.2) is 55.0 Å². The number of benzene rings is 1. The van der Waals surface area contributed by atoms with Gasteiger partial charge in [0.15, 0.2) is 5.78 Å². The van der Waals surface area contributed by atoms with E-state index < -0.39 is 18.0 Å². The zero-order valence-corrected chi connectivity index (χ0v) is 20.5. The molecule has 0 saturated carbocycles. The predicted molar refractivity (Wildman–Crippen MR) is 134 cm³/mol. The van der Waals surface area contributed by atoms with Crippen LogP contribution in [0, 0.1) is 0 Å². The van der Waals surface area contributed by atoms with Gasteiger partial charge in [-0.15, -0.1) is 0 Å². The molecule has 3 atom stereocenters. The highest BCUT2D eigenvalue weighted by molar-refractivity contribution is 6.00. The number of carbonyl (C=O) groups is 4. The maximum atomic E-state index is 13.6. The highest BCUT2D eigenvalue weighted by atomic mass is 16.2. The SMILES string of the molecule is CCCC(NC(=O)c1cnc2ccccc2n1)C(=O)N1CCC2C1C(=O)CN2C(=O)Cc1cccnc1. The van der Waals surface area contributed by atoms with E-state index in [2.05, 4.69) is 20.3 Å². The zero-order valence-electron chi connectivity index (χ0n) is 20.5. The van der Waals surface area contributed by atoms with Gasteiger partial charge in [-0.1, -0.05) is 31.5 Å². The van der Waals surface area contributed by atoms with Crippen LogP contribution < -0.4 is 5.32 Å². The van der Waals surface area contributed by atoms with Gasteiger partial charge in [-0.2, -0.15) is 0 Å². The number of fused-ring (bicyclic) bond motifs is 2. The summed E-state index contributed by atoms with van der Waals surface area (Å²) in [6, 6.07) is 8.96. The molecule has 0 radical (unpaired) electrons. The largest absolute Gasteiger partial charge is 0.339 e. The molecule has 0 spiro atoms. The molecule has 1 N–H and O–H groups in total. The maximum Gasteiger partial charge on any atom is 0.272 e. The predicted octanol–water partition coefficient (Wildman–Crippen LogP) is 1.55. The second kappa shape index (κ2) is 10.4. The smallest absolute Gasteiger partial charge is 0.272 e. The molecule has 190 valence electrons. The molecule has 3 aromatic rings. The fourth-order valence-electron chi connectivity index (χ4n) is 5.21. The van der Waals surface area contributed by atoms with Crippen molar-refractivity contribution in [1.82, 2.24) is 30.1 Å². The van der Waals surface area contributed by atoms with Crippen molar-refractivity contribution >= 4 is 34.5 Å². The molecule has 2 aliphatic rings. The highest BCUT2D eigenvalue weighted by Gasteiger charge is 2.52. The summed E-state index contributed by atoms with van der Waals surface area (Å²) in [5.41, 5.74) is 2.15. The molecule has 2 saturated heterocycles. The van der Waals surface area contributed by atoms with E-state index in [0.29, 0.717) is 36.8 Å². The zero-order chi connectivity index (χ0) is 25.9. The molecule has 2 aliphatic heterocycles. The summed E-state index contributed by atoms with van der Waals surface area (Å²) < 4.78 is 0. The molecule has 2 fully saturated rings. The van der Waals surface area contributed by atoms with Crippen molar-refractivity contribution in [3.63, 3.8) is 0 Å². The van der Waals surface area contributed by atoms with Crippen molar-refractivity contribution in [2.24, 2.45) is 0 Å². The summed E-state index contributed by atoms with van der Waals surface area (Å²) in [4.78, 5) is 68.4. The van der Waals surface area contributed by atoms with Crippen molar-refractivity contribution in [2.75, 3.05) is 13.1 Å². The molecule has 10 heteroatoms. The Morgan fingerprint density at radius 1 is 1.08 bits per heavy atom. The number of aromatic nitrogens is 3. The van der Waals surface area contributed by atoms with E-state index in [4.69, 9.17) is 0 Å². The van der Waals surface area contributed by atoms with Gasteiger partial charge in [0.05, 0.1) is 36.2 Å². The van der Waals surface area contributed by atoms with E-state index >= 15 is 0 Å². The molecule has 1 aromatic carbocycles. The summed E-state index contributed by atoms with van der Waals surface area (Å²) in [7, 11) is 0. The monoisotopic (exact) mass is 500 g/mol. The fraction of sp³-hybridized carbons (Fsp3) is 0.370. The van der Waals surface area contributed by atoms with Gasteiger partial charge >= 0.3 is 0 Å². The Kier molecular flexibility index (Phi) is 6.89. The lowest BCUT2D eigenvalue weighted by Gasteiger charge is -2.28. The lowest BCUT2D eigenvalue weighted by molar-refractivity contribution is -0.138. The van der Waals surface area contributed by atoms with Crippen molar-refractivity contribution in [2.45, 2.75) is 50.7 Å². The molecule has 5 rings (SSSR count). The van der Waals surface area contributed by atoms with E-state index in [1.165, 1.54) is 11.1 Å². The van der Waals surface area contributed by atoms with E-state index in [9.17, 15) is 19.2 Å². The second-order valence-electron chi connectivity index (χ2n) is 9.42. The first kappa shape index (κ1) is 24.5. The summed E-state index contributed by atoms with van der Waals surface area (Å²) in [6.07, 6.45) is 6.41. The molecule has 10 nitrogen and oxygen atoms in total. The second-order valence-corrected chi connectivity index (χ2v) is 9.42. The van der Waals surface area contributed by atoms with Crippen LogP contribution in [0.2, 0.25) is 0 Å². The lowest BCUT2D eigenvalue weighted by Crippen LogP contribution is -2.52. The number of Topliss-reactive ketones (excluding diaryl/α,β-unsaturated/α-hetero) is 1. The number of rotatable bonds is 7. The minimum Gasteiger partial charge on any atom is -0.339 e. The Morgan fingerprint density at radius 3 is 2.65 bits per heavy atom. The quantitative estimate of drug-likeness (QED) is 0.522. The topological polar surface area (TPSA) is 125 Å². The van der Waals surface area contributed by atoms with Crippen LogP contribution in [0.3, 0.4) is 0 Å². The normalized spacial score (nSPS) is 19.6. The first-order chi connectivity index (χ1) is 18.0. The van der Waals surface area contributed by atoms with Crippen LogP contribution in [-0.2, 0) is 20.8 Å². The third kappa shape index (κ3) is 4.91. The number of ketones is 1. The molecule has 4 heterocycles. The minimum absolute atomic E-state index is 0.0182. The molecule has 2 aromatic heterocycles. The lowest BCUT2D eigenvalue weighted by atomic mass is 10.1. The third-order valence-corrected chi connectivity index (χ3v) is 6.97. The number of carbonyl (C=O) groups excluding carboxylic acids is 4. The third-order valence-electron chi connectivity index (χ3n) is 6.97. The molecule has 37 heavy (non-hydrogen) atoms. The van der Waals surface area contributed by atoms with Crippen LogP contribution in [0.1, 0.15) is 42.2 Å². The van der Waals surface area contributed by atoms with Crippen LogP contribution in [0.25, 0.3) is 11.0 Å². The van der Waals surface area contributed by atoms with Crippen molar-refractivity contribution in [3.8, 4) is 0 Å². The fourth-order valence-corrected chi connectivity index (χ4v) is 5.21. The molecular formula is C27H28N6O4. The Morgan fingerprint density at radius 2 is 1.89 bits per heavy atom. The minimum atomic E-state index is -0.808. The van der Waals surface area contributed by atoms with E-state index in [0.717, 1.165) is 5.56 Å². The van der Waals surface area contributed by atoms with Gasteiger partial charge in [-0.3, -0.25) is 29.1 Å². The van der Waals surface area contributed by atoms with Gasteiger partial charge in [-0.25, -0.2) is 4.98 Å². The molecular weight excluding hydrogens is 472 g/mol. The molecule has 0 bridgehead atoms. The number of para-hydroxylation sites is 2. The highest BCUT2D eigenvalue weighted by Crippen LogP contribution is 2.31. The molecule has 3 amide bonds.